The van der Waals surface area contributed by atoms with E-state index in [2.05, 4.69) is 10.6 Å². The Morgan fingerprint density at radius 2 is 2.00 bits per heavy atom. The SMILES string of the molecule is CC(C)[C@H](NC(N)=O)C(=O)NCc1ccc2c(c1)OCO2. The molecule has 0 unspecified atom stereocenters. The van der Waals surface area contributed by atoms with Crippen LogP contribution in [0.1, 0.15) is 19.4 Å². The number of urea groups is 1. The largest absolute Gasteiger partial charge is 0.454 e. The van der Waals surface area contributed by atoms with Crippen molar-refractivity contribution in [1.29, 1.82) is 0 Å². The molecule has 1 aromatic rings. The van der Waals surface area contributed by atoms with Crippen molar-refractivity contribution in [2.75, 3.05) is 6.79 Å². The molecule has 4 N–H and O–H groups in total. The first-order valence-electron chi connectivity index (χ1n) is 6.69. The van der Waals surface area contributed by atoms with Crippen molar-refractivity contribution in [3.05, 3.63) is 23.8 Å². The van der Waals surface area contributed by atoms with Gasteiger partial charge in [0, 0.05) is 6.54 Å². The van der Waals surface area contributed by atoms with Crippen LogP contribution < -0.4 is 25.8 Å². The highest BCUT2D eigenvalue weighted by Crippen LogP contribution is 2.32. The van der Waals surface area contributed by atoms with Crippen LogP contribution in [0.15, 0.2) is 18.2 Å². The predicted octanol–water partition coefficient (Wildman–Crippen LogP) is 0.724. The van der Waals surface area contributed by atoms with Crippen molar-refractivity contribution in [3.8, 4) is 11.5 Å². The van der Waals surface area contributed by atoms with Gasteiger partial charge in [-0.15, -0.1) is 0 Å². The highest BCUT2D eigenvalue weighted by Gasteiger charge is 2.23. The van der Waals surface area contributed by atoms with Gasteiger partial charge in [-0.25, -0.2) is 4.79 Å². The fourth-order valence-corrected chi connectivity index (χ4v) is 2.04. The van der Waals surface area contributed by atoms with Crippen molar-refractivity contribution in [1.82, 2.24) is 10.6 Å². The van der Waals surface area contributed by atoms with Gasteiger partial charge in [-0.1, -0.05) is 19.9 Å². The Labute approximate surface area is 122 Å². The average Bonchev–Trinajstić information content (AvgIpc) is 2.89. The minimum Gasteiger partial charge on any atom is -0.454 e. The maximum atomic E-state index is 12.1. The standard InChI is InChI=1S/C14H19N3O4/c1-8(2)12(17-14(15)19)13(18)16-6-9-3-4-10-11(5-9)21-7-20-10/h3-5,8,12H,6-7H2,1-2H3,(H,16,18)(H3,15,17,19)/t12-/m0/s1. The van der Waals surface area contributed by atoms with Crippen LogP contribution in [0.25, 0.3) is 0 Å². The highest BCUT2D eigenvalue weighted by molar-refractivity contribution is 5.86. The smallest absolute Gasteiger partial charge is 0.312 e. The third-order valence-corrected chi connectivity index (χ3v) is 3.15. The zero-order valence-electron chi connectivity index (χ0n) is 12.0. The van der Waals surface area contributed by atoms with E-state index in [4.69, 9.17) is 15.2 Å². The van der Waals surface area contributed by atoms with Crippen molar-refractivity contribution < 1.29 is 19.1 Å². The van der Waals surface area contributed by atoms with Gasteiger partial charge in [0.15, 0.2) is 11.5 Å². The first kappa shape index (κ1) is 15.0. The molecule has 0 aromatic heterocycles. The average molecular weight is 293 g/mol. The maximum absolute atomic E-state index is 12.1. The zero-order chi connectivity index (χ0) is 15.4. The maximum Gasteiger partial charge on any atom is 0.312 e. The molecule has 2 rings (SSSR count). The molecule has 0 bridgehead atoms. The number of carbonyl (C=O) groups is 2. The molecule has 0 saturated heterocycles. The van der Waals surface area contributed by atoms with E-state index in [0.717, 1.165) is 5.56 Å². The van der Waals surface area contributed by atoms with Crippen LogP contribution in [0.4, 0.5) is 4.79 Å². The van der Waals surface area contributed by atoms with Crippen LogP contribution in [-0.4, -0.2) is 24.8 Å². The van der Waals surface area contributed by atoms with E-state index in [9.17, 15) is 9.59 Å². The minimum atomic E-state index is -0.716. The molecule has 21 heavy (non-hydrogen) atoms. The lowest BCUT2D eigenvalue weighted by Gasteiger charge is -2.20. The second kappa shape index (κ2) is 6.34. The lowest BCUT2D eigenvalue weighted by molar-refractivity contribution is -0.124. The van der Waals surface area contributed by atoms with E-state index in [1.807, 2.05) is 26.0 Å². The number of carbonyl (C=O) groups excluding carboxylic acids is 2. The summed E-state index contributed by atoms with van der Waals surface area (Å²) in [5.74, 6) is 1.02. The minimum absolute atomic E-state index is 0.0609. The lowest BCUT2D eigenvalue weighted by atomic mass is 10.0. The molecule has 114 valence electrons. The molecule has 1 aliphatic rings. The van der Waals surface area contributed by atoms with Gasteiger partial charge < -0.3 is 25.8 Å². The van der Waals surface area contributed by atoms with Crippen LogP contribution >= 0.6 is 0 Å². The van der Waals surface area contributed by atoms with E-state index < -0.39 is 12.1 Å². The molecule has 7 heteroatoms. The molecule has 0 spiro atoms. The number of ether oxygens (including phenoxy) is 2. The fourth-order valence-electron chi connectivity index (χ4n) is 2.04. The third-order valence-electron chi connectivity index (χ3n) is 3.15. The van der Waals surface area contributed by atoms with Crippen molar-refractivity contribution in [3.63, 3.8) is 0 Å². The Bertz CT molecular complexity index is 545. The molecule has 0 radical (unpaired) electrons. The predicted molar refractivity (Wildman–Crippen MR) is 75.8 cm³/mol. The lowest BCUT2D eigenvalue weighted by Crippen LogP contribution is -2.51. The Morgan fingerprint density at radius 1 is 1.29 bits per heavy atom. The summed E-state index contributed by atoms with van der Waals surface area (Å²) in [6, 6.07) is 4.09. The Kier molecular flexibility index (Phi) is 4.52. The van der Waals surface area contributed by atoms with Crippen molar-refractivity contribution in [2.45, 2.75) is 26.4 Å². The van der Waals surface area contributed by atoms with Crippen molar-refractivity contribution in [2.24, 2.45) is 11.7 Å². The summed E-state index contributed by atoms with van der Waals surface area (Å²) in [5, 5.41) is 5.21. The molecule has 3 amide bonds. The molecule has 1 aromatic carbocycles. The van der Waals surface area contributed by atoms with Gasteiger partial charge in [-0.2, -0.15) is 0 Å². The van der Waals surface area contributed by atoms with Gasteiger partial charge in [0.25, 0.3) is 0 Å². The van der Waals surface area contributed by atoms with Crippen LogP contribution in [0.2, 0.25) is 0 Å². The fraction of sp³-hybridized carbons (Fsp3) is 0.429. The molecular formula is C14H19N3O4. The van der Waals surface area contributed by atoms with Crippen LogP contribution in [-0.2, 0) is 11.3 Å². The number of fused-ring (bicyclic) bond motifs is 1. The second-order valence-electron chi connectivity index (χ2n) is 5.14. The summed E-state index contributed by atoms with van der Waals surface area (Å²) in [6.45, 7) is 4.21. The van der Waals surface area contributed by atoms with E-state index >= 15 is 0 Å². The monoisotopic (exact) mass is 293 g/mol. The first-order chi connectivity index (χ1) is 9.97. The molecule has 0 saturated carbocycles. The van der Waals surface area contributed by atoms with Gasteiger partial charge in [0.05, 0.1) is 0 Å². The molecule has 1 aliphatic heterocycles. The Morgan fingerprint density at radius 3 is 2.67 bits per heavy atom. The number of benzene rings is 1. The number of hydrogen-bond donors (Lipinski definition) is 3. The van der Waals surface area contributed by atoms with E-state index in [-0.39, 0.29) is 18.6 Å². The highest BCUT2D eigenvalue weighted by atomic mass is 16.7. The summed E-state index contributed by atoms with van der Waals surface area (Å²) in [4.78, 5) is 23.0. The number of hydrogen-bond acceptors (Lipinski definition) is 4. The van der Waals surface area contributed by atoms with Gasteiger partial charge in [-0.3, -0.25) is 4.79 Å². The number of amides is 3. The number of nitrogens with two attached hydrogens (primary N) is 1. The Balaban J connectivity index is 1.95. The summed E-state index contributed by atoms with van der Waals surface area (Å²) >= 11 is 0. The number of rotatable bonds is 5. The summed E-state index contributed by atoms with van der Waals surface area (Å²) < 4.78 is 10.5. The van der Waals surface area contributed by atoms with Crippen LogP contribution in [0.3, 0.4) is 0 Å². The van der Waals surface area contributed by atoms with E-state index in [1.165, 1.54) is 0 Å². The van der Waals surface area contributed by atoms with E-state index in [1.54, 1.807) is 6.07 Å². The first-order valence-corrected chi connectivity index (χ1v) is 6.69. The van der Waals surface area contributed by atoms with Gasteiger partial charge in [0.2, 0.25) is 12.7 Å². The van der Waals surface area contributed by atoms with Gasteiger partial charge in [0.1, 0.15) is 6.04 Å². The molecule has 1 heterocycles. The van der Waals surface area contributed by atoms with Gasteiger partial charge in [-0.05, 0) is 23.6 Å². The van der Waals surface area contributed by atoms with Gasteiger partial charge >= 0.3 is 6.03 Å². The van der Waals surface area contributed by atoms with E-state index in [0.29, 0.717) is 18.0 Å². The summed E-state index contributed by atoms with van der Waals surface area (Å²) in [5.41, 5.74) is 5.96. The van der Waals surface area contributed by atoms with Crippen LogP contribution in [0, 0.1) is 5.92 Å². The van der Waals surface area contributed by atoms with Crippen molar-refractivity contribution >= 4 is 11.9 Å². The molecule has 7 nitrogen and oxygen atoms in total. The molecular weight excluding hydrogens is 274 g/mol. The topological polar surface area (TPSA) is 103 Å². The van der Waals surface area contributed by atoms with Crippen LogP contribution in [0.5, 0.6) is 11.5 Å². The normalized spacial score (nSPS) is 13.9. The second-order valence-corrected chi connectivity index (χ2v) is 5.14. The summed E-state index contributed by atoms with van der Waals surface area (Å²) in [6.07, 6.45) is 0. The quantitative estimate of drug-likeness (QED) is 0.744. The zero-order valence-corrected chi connectivity index (χ0v) is 12.0. The Hall–Kier alpha value is -2.44. The molecule has 1 atom stereocenters. The number of nitrogens with one attached hydrogen (secondary N) is 2. The molecule has 0 fully saturated rings. The molecule has 0 aliphatic carbocycles. The number of primary amides is 1. The summed E-state index contributed by atoms with van der Waals surface area (Å²) in [7, 11) is 0. The third kappa shape index (κ3) is 3.77.